The van der Waals surface area contributed by atoms with Gasteiger partial charge in [0.05, 0.1) is 12.4 Å². The van der Waals surface area contributed by atoms with E-state index in [1.54, 1.807) is 19.1 Å². The molecule has 34 heavy (non-hydrogen) atoms. The minimum absolute atomic E-state index is 0.173. The van der Waals surface area contributed by atoms with Crippen LogP contribution >= 0.6 is 0 Å². The number of alkyl halides is 3. The smallest absolute Gasteiger partial charge is 0.434 e. The monoisotopic (exact) mass is 480 g/mol. The third-order valence-corrected chi connectivity index (χ3v) is 5.35. The van der Waals surface area contributed by atoms with Crippen molar-refractivity contribution < 1.29 is 27.5 Å². The fraction of sp³-hybridized carbons (Fsp3) is 0.455. The van der Waals surface area contributed by atoms with E-state index in [1.807, 2.05) is 12.1 Å². The third-order valence-electron chi connectivity index (χ3n) is 5.35. The molecule has 0 bridgehead atoms. The number of nitrogens with two attached hydrogens (primary N) is 1. The number of primary amides is 1. The van der Waals surface area contributed by atoms with Gasteiger partial charge < -0.3 is 21.1 Å². The van der Waals surface area contributed by atoms with Crippen LogP contribution in [-0.4, -0.2) is 58.6 Å². The fourth-order valence-electron chi connectivity index (χ4n) is 3.48. The van der Waals surface area contributed by atoms with Gasteiger partial charge in [-0.05, 0) is 37.5 Å². The first-order valence-corrected chi connectivity index (χ1v) is 10.8. The summed E-state index contributed by atoms with van der Waals surface area (Å²) >= 11 is 0. The van der Waals surface area contributed by atoms with E-state index in [-0.39, 0.29) is 24.5 Å². The largest absolute Gasteiger partial charge is 0.446 e. The predicted octanol–water partition coefficient (Wildman–Crippen LogP) is 2.79. The van der Waals surface area contributed by atoms with Gasteiger partial charge in [0.25, 0.3) is 0 Å². The minimum Gasteiger partial charge on any atom is -0.446 e. The van der Waals surface area contributed by atoms with Gasteiger partial charge in [-0.1, -0.05) is 12.1 Å². The lowest BCUT2D eigenvalue weighted by Crippen LogP contribution is -2.42. The molecular formula is C22H27F3N6O3. The summed E-state index contributed by atoms with van der Waals surface area (Å²) in [6.45, 7) is 4.23. The number of nitrogens with zero attached hydrogens (tertiary/aromatic N) is 3. The van der Waals surface area contributed by atoms with Crippen LogP contribution < -0.4 is 16.4 Å². The van der Waals surface area contributed by atoms with Crippen LogP contribution in [0.15, 0.2) is 36.7 Å². The number of aromatic nitrogens is 2. The van der Waals surface area contributed by atoms with E-state index < -0.39 is 23.9 Å². The van der Waals surface area contributed by atoms with Crippen LogP contribution in [0.4, 0.5) is 23.8 Å². The van der Waals surface area contributed by atoms with E-state index in [2.05, 4.69) is 25.5 Å². The molecule has 0 radical (unpaired) electrons. The van der Waals surface area contributed by atoms with Gasteiger partial charge >= 0.3 is 12.3 Å². The van der Waals surface area contributed by atoms with Crippen molar-refractivity contribution in [1.82, 2.24) is 20.2 Å². The summed E-state index contributed by atoms with van der Waals surface area (Å²) < 4.78 is 43.1. The Morgan fingerprint density at radius 1 is 1.18 bits per heavy atom. The number of piperidine rings is 1. The van der Waals surface area contributed by atoms with Crippen LogP contribution in [0.3, 0.4) is 0 Å². The summed E-state index contributed by atoms with van der Waals surface area (Å²) in [4.78, 5) is 32.6. The molecule has 1 aromatic carbocycles. The van der Waals surface area contributed by atoms with Gasteiger partial charge in [-0.3, -0.25) is 9.69 Å². The predicted molar refractivity (Wildman–Crippen MR) is 118 cm³/mol. The number of benzene rings is 1. The number of likely N-dealkylation sites (tertiary alicyclic amines) is 1. The van der Waals surface area contributed by atoms with Crippen LogP contribution in [-0.2, 0) is 17.5 Å². The molecule has 12 heteroatoms. The highest BCUT2D eigenvalue weighted by Crippen LogP contribution is 2.26. The van der Waals surface area contributed by atoms with E-state index in [0.717, 1.165) is 31.4 Å². The Balaban J connectivity index is 1.34. The zero-order valence-corrected chi connectivity index (χ0v) is 18.6. The Labute approximate surface area is 194 Å². The molecule has 2 heterocycles. The fourth-order valence-corrected chi connectivity index (χ4v) is 3.48. The van der Waals surface area contributed by atoms with Crippen molar-refractivity contribution in [3.63, 3.8) is 0 Å². The topological polar surface area (TPSA) is 122 Å². The highest BCUT2D eigenvalue weighted by atomic mass is 19.4. The normalized spacial score (nSPS) is 16.0. The van der Waals surface area contributed by atoms with Crippen LogP contribution in [0, 0.1) is 0 Å². The van der Waals surface area contributed by atoms with Crippen molar-refractivity contribution >= 4 is 17.8 Å². The molecule has 1 atom stereocenters. The number of carbonyl (C=O) groups is 2. The average molecular weight is 480 g/mol. The second-order valence-corrected chi connectivity index (χ2v) is 8.15. The molecule has 184 valence electrons. The van der Waals surface area contributed by atoms with Crippen LogP contribution in [0.5, 0.6) is 0 Å². The first-order valence-electron chi connectivity index (χ1n) is 10.8. The van der Waals surface area contributed by atoms with Crippen molar-refractivity contribution in [1.29, 1.82) is 0 Å². The maximum Gasteiger partial charge on any atom is 0.434 e. The maximum atomic E-state index is 12.5. The molecule has 1 fully saturated rings. The maximum absolute atomic E-state index is 12.5. The summed E-state index contributed by atoms with van der Waals surface area (Å²) in [7, 11) is 0. The van der Waals surface area contributed by atoms with Gasteiger partial charge in [-0.25, -0.2) is 14.8 Å². The van der Waals surface area contributed by atoms with Gasteiger partial charge in [0.1, 0.15) is 11.9 Å². The molecule has 1 aromatic heterocycles. The van der Waals surface area contributed by atoms with Gasteiger partial charge in [-0.2, -0.15) is 13.2 Å². The van der Waals surface area contributed by atoms with E-state index in [9.17, 15) is 22.8 Å². The second-order valence-electron chi connectivity index (χ2n) is 8.15. The molecule has 0 unspecified atom stereocenters. The number of alkyl carbamates (subject to hydrolysis) is 1. The number of nitrogens with one attached hydrogen (secondary N) is 2. The number of rotatable bonds is 8. The van der Waals surface area contributed by atoms with Crippen molar-refractivity contribution in [3.05, 3.63) is 53.5 Å². The van der Waals surface area contributed by atoms with E-state index in [4.69, 9.17) is 10.5 Å². The first-order chi connectivity index (χ1) is 16.1. The Bertz CT molecular complexity index is 961. The standard InChI is InChI=1S/C22H27F3N6O3/c1-14(10-28-19-12-27-18(11-29-19)22(23,24)25)30-21(33)34-17-6-8-31(9-7-17)13-15-2-4-16(5-3-15)20(26)32/h2-5,11-12,14,17H,6-10,13H2,1H3,(H2,26,32)(H,28,29)(H,30,33)/t14-/m1/s1. The summed E-state index contributed by atoms with van der Waals surface area (Å²) in [6.07, 6.45) is -2.26. The summed E-state index contributed by atoms with van der Waals surface area (Å²) in [5.74, 6) is -0.284. The zero-order chi connectivity index (χ0) is 24.7. The van der Waals surface area contributed by atoms with E-state index >= 15 is 0 Å². The zero-order valence-electron chi connectivity index (χ0n) is 18.6. The number of hydrogen-bond acceptors (Lipinski definition) is 7. The highest BCUT2D eigenvalue weighted by molar-refractivity contribution is 5.92. The first kappa shape index (κ1) is 25.2. The molecule has 1 aliphatic rings. The molecule has 4 N–H and O–H groups in total. The van der Waals surface area contributed by atoms with Crippen LogP contribution in [0.1, 0.15) is 41.4 Å². The Morgan fingerprint density at radius 3 is 2.41 bits per heavy atom. The number of halogens is 3. The summed E-state index contributed by atoms with van der Waals surface area (Å²) in [6, 6.07) is 6.82. The third kappa shape index (κ3) is 7.58. The molecule has 2 amide bonds. The molecule has 1 aliphatic heterocycles. The molecule has 0 saturated carbocycles. The molecule has 3 rings (SSSR count). The minimum atomic E-state index is -4.54. The Hall–Kier alpha value is -3.41. The summed E-state index contributed by atoms with van der Waals surface area (Å²) in [5, 5.41) is 5.52. The molecular weight excluding hydrogens is 453 g/mol. The lowest BCUT2D eigenvalue weighted by molar-refractivity contribution is -0.141. The number of carbonyl (C=O) groups excluding carboxylic acids is 2. The van der Waals surface area contributed by atoms with E-state index in [1.165, 1.54) is 0 Å². The van der Waals surface area contributed by atoms with Crippen molar-refractivity contribution in [3.8, 4) is 0 Å². The lowest BCUT2D eigenvalue weighted by Gasteiger charge is -2.31. The van der Waals surface area contributed by atoms with Crippen LogP contribution in [0.2, 0.25) is 0 Å². The number of hydrogen-bond donors (Lipinski definition) is 3. The summed E-state index contributed by atoms with van der Waals surface area (Å²) in [5.41, 5.74) is 5.73. The lowest BCUT2D eigenvalue weighted by atomic mass is 10.1. The number of anilines is 1. The second kappa shape index (κ2) is 11.1. The Morgan fingerprint density at radius 2 is 1.85 bits per heavy atom. The van der Waals surface area contributed by atoms with Crippen molar-refractivity contribution in [2.75, 3.05) is 25.0 Å². The molecule has 9 nitrogen and oxygen atoms in total. The van der Waals surface area contributed by atoms with Gasteiger partial charge in [0, 0.05) is 37.8 Å². The molecule has 1 saturated heterocycles. The Kier molecular flexibility index (Phi) is 8.26. The van der Waals surface area contributed by atoms with Crippen molar-refractivity contribution in [2.24, 2.45) is 5.73 Å². The van der Waals surface area contributed by atoms with Gasteiger partial charge in [-0.15, -0.1) is 0 Å². The van der Waals surface area contributed by atoms with E-state index in [0.29, 0.717) is 24.6 Å². The average Bonchev–Trinajstić information content (AvgIpc) is 2.79. The SMILES string of the molecule is C[C@H](CNc1cnc(C(F)(F)F)cn1)NC(=O)OC1CCN(Cc2ccc(C(N)=O)cc2)CC1. The molecule has 0 aliphatic carbocycles. The number of amides is 2. The van der Waals surface area contributed by atoms with Gasteiger partial charge in [0.15, 0.2) is 5.69 Å². The molecule has 0 spiro atoms. The van der Waals surface area contributed by atoms with Crippen LogP contribution in [0.25, 0.3) is 0 Å². The number of ether oxygens (including phenoxy) is 1. The molecule has 2 aromatic rings. The quantitative estimate of drug-likeness (QED) is 0.531. The van der Waals surface area contributed by atoms with Crippen molar-refractivity contribution in [2.45, 2.75) is 44.6 Å². The highest BCUT2D eigenvalue weighted by Gasteiger charge is 2.32. The van der Waals surface area contributed by atoms with Gasteiger partial charge in [0.2, 0.25) is 5.91 Å².